The molecule has 0 saturated carbocycles. The van der Waals surface area contributed by atoms with Crippen LogP contribution in [0.5, 0.6) is 11.5 Å². The SMILES string of the molecule is CCOc1ccc(-c2nc(CC(=O)Nc3cc(NC(C)=O)ccc3OC)cs2)cc1. The van der Waals surface area contributed by atoms with E-state index in [4.69, 9.17) is 9.47 Å². The number of amides is 2. The van der Waals surface area contributed by atoms with Gasteiger partial charge >= 0.3 is 0 Å². The van der Waals surface area contributed by atoms with Crippen molar-refractivity contribution < 1.29 is 19.1 Å². The Hall–Kier alpha value is -3.39. The third-order valence-corrected chi connectivity index (χ3v) is 5.04. The van der Waals surface area contributed by atoms with Crippen LogP contribution in [-0.2, 0) is 16.0 Å². The lowest BCUT2D eigenvalue weighted by Gasteiger charge is -2.12. The van der Waals surface area contributed by atoms with Crippen molar-refractivity contribution in [1.29, 1.82) is 0 Å². The lowest BCUT2D eigenvalue weighted by molar-refractivity contribution is -0.116. The Labute approximate surface area is 179 Å². The Morgan fingerprint density at radius 1 is 1.10 bits per heavy atom. The molecule has 156 valence electrons. The van der Waals surface area contributed by atoms with Gasteiger partial charge < -0.3 is 20.1 Å². The molecule has 0 spiro atoms. The first-order valence-electron chi connectivity index (χ1n) is 9.41. The first-order valence-corrected chi connectivity index (χ1v) is 10.3. The van der Waals surface area contributed by atoms with Gasteiger partial charge in [0.1, 0.15) is 16.5 Å². The molecule has 0 unspecified atom stereocenters. The van der Waals surface area contributed by atoms with Crippen molar-refractivity contribution >= 4 is 34.5 Å². The smallest absolute Gasteiger partial charge is 0.230 e. The molecule has 1 heterocycles. The number of rotatable bonds is 8. The number of aromatic nitrogens is 1. The molecular weight excluding hydrogens is 402 g/mol. The topological polar surface area (TPSA) is 89.5 Å². The van der Waals surface area contributed by atoms with Crippen molar-refractivity contribution in [2.24, 2.45) is 0 Å². The number of carbonyl (C=O) groups is 2. The largest absolute Gasteiger partial charge is 0.495 e. The normalized spacial score (nSPS) is 10.4. The van der Waals surface area contributed by atoms with E-state index in [2.05, 4.69) is 15.6 Å². The summed E-state index contributed by atoms with van der Waals surface area (Å²) in [5.74, 6) is 0.900. The average Bonchev–Trinajstić information content (AvgIpc) is 3.17. The zero-order valence-electron chi connectivity index (χ0n) is 17.0. The van der Waals surface area contributed by atoms with Crippen LogP contribution in [0.25, 0.3) is 10.6 Å². The molecule has 0 aliphatic heterocycles. The van der Waals surface area contributed by atoms with E-state index in [1.807, 2.05) is 36.6 Å². The van der Waals surface area contributed by atoms with Crippen LogP contribution in [0.1, 0.15) is 19.5 Å². The van der Waals surface area contributed by atoms with E-state index in [9.17, 15) is 9.59 Å². The highest BCUT2D eigenvalue weighted by molar-refractivity contribution is 7.13. The summed E-state index contributed by atoms with van der Waals surface area (Å²) in [4.78, 5) is 28.4. The summed E-state index contributed by atoms with van der Waals surface area (Å²) in [5, 5.41) is 8.22. The van der Waals surface area contributed by atoms with Crippen LogP contribution in [0, 0.1) is 0 Å². The summed E-state index contributed by atoms with van der Waals surface area (Å²) < 4.78 is 10.8. The van der Waals surface area contributed by atoms with Gasteiger partial charge in [0.2, 0.25) is 11.8 Å². The van der Waals surface area contributed by atoms with Crippen molar-refractivity contribution in [1.82, 2.24) is 4.98 Å². The van der Waals surface area contributed by atoms with E-state index >= 15 is 0 Å². The van der Waals surface area contributed by atoms with Crippen molar-refractivity contribution in [3.05, 3.63) is 53.5 Å². The Morgan fingerprint density at radius 3 is 2.53 bits per heavy atom. The Morgan fingerprint density at radius 2 is 1.87 bits per heavy atom. The van der Waals surface area contributed by atoms with E-state index in [0.717, 1.165) is 16.3 Å². The zero-order valence-corrected chi connectivity index (χ0v) is 17.8. The van der Waals surface area contributed by atoms with Gasteiger partial charge in [0.25, 0.3) is 0 Å². The van der Waals surface area contributed by atoms with E-state index < -0.39 is 0 Å². The second-order valence-electron chi connectivity index (χ2n) is 6.42. The molecule has 2 aromatic carbocycles. The molecule has 7 nitrogen and oxygen atoms in total. The van der Waals surface area contributed by atoms with Gasteiger partial charge in [-0.2, -0.15) is 0 Å². The Bertz CT molecular complexity index is 1030. The monoisotopic (exact) mass is 425 g/mol. The quantitative estimate of drug-likeness (QED) is 0.560. The summed E-state index contributed by atoms with van der Waals surface area (Å²) in [6.45, 7) is 3.98. The summed E-state index contributed by atoms with van der Waals surface area (Å²) in [5.41, 5.74) is 2.71. The number of hydrogen-bond acceptors (Lipinski definition) is 6. The van der Waals surface area contributed by atoms with E-state index in [0.29, 0.717) is 29.4 Å². The molecule has 0 bridgehead atoms. The average molecular weight is 426 g/mol. The van der Waals surface area contributed by atoms with Crippen LogP contribution >= 0.6 is 11.3 Å². The number of hydrogen-bond donors (Lipinski definition) is 2. The number of carbonyl (C=O) groups excluding carboxylic acids is 2. The number of thiazole rings is 1. The van der Waals surface area contributed by atoms with Crippen molar-refractivity contribution in [3.63, 3.8) is 0 Å². The number of nitrogens with one attached hydrogen (secondary N) is 2. The minimum atomic E-state index is -0.225. The number of nitrogens with zero attached hydrogens (tertiary/aromatic N) is 1. The van der Waals surface area contributed by atoms with Gasteiger partial charge in [-0.1, -0.05) is 0 Å². The van der Waals surface area contributed by atoms with E-state index in [1.54, 1.807) is 18.2 Å². The molecule has 2 N–H and O–H groups in total. The molecule has 30 heavy (non-hydrogen) atoms. The van der Waals surface area contributed by atoms with E-state index in [1.165, 1.54) is 25.4 Å². The number of methoxy groups -OCH3 is 1. The highest BCUT2D eigenvalue weighted by Gasteiger charge is 2.13. The standard InChI is InChI=1S/C22H23N3O4S/c1-4-29-18-8-5-15(6-9-18)22-24-17(13-30-22)12-21(27)25-19-11-16(23-14(2)26)7-10-20(19)28-3/h5-11,13H,4,12H2,1-3H3,(H,23,26)(H,25,27). The minimum absolute atomic E-state index is 0.126. The third-order valence-electron chi connectivity index (χ3n) is 4.10. The van der Waals surface area contributed by atoms with Crippen molar-refractivity contribution in [2.75, 3.05) is 24.4 Å². The van der Waals surface area contributed by atoms with Gasteiger partial charge in [0.15, 0.2) is 0 Å². The van der Waals surface area contributed by atoms with Gasteiger partial charge in [-0.3, -0.25) is 9.59 Å². The minimum Gasteiger partial charge on any atom is -0.495 e. The zero-order chi connectivity index (χ0) is 21.5. The number of benzene rings is 2. The number of anilines is 2. The Balaban J connectivity index is 1.67. The molecule has 0 atom stereocenters. The first-order chi connectivity index (χ1) is 14.5. The second kappa shape index (κ2) is 9.89. The van der Waals surface area contributed by atoms with Crippen LogP contribution in [0.4, 0.5) is 11.4 Å². The fourth-order valence-corrected chi connectivity index (χ4v) is 3.65. The highest BCUT2D eigenvalue weighted by Crippen LogP contribution is 2.29. The number of ether oxygens (including phenoxy) is 2. The molecular formula is C22H23N3O4S. The predicted octanol–water partition coefficient (Wildman–Crippen LogP) is 4.36. The summed E-state index contributed by atoms with van der Waals surface area (Å²) in [7, 11) is 1.52. The van der Waals surface area contributed by atoms with Crippen LogP contribution in [0.2, 0.25) is 0 Å². The molecule has 8 heteroatoms. The summed E-state index contributed by atoms with van der Waals surface area (Å²) in [6.07, 6.45) is 0.126. The molecule has 3 aromatic rings. The third kappa shape index (κ3) is 5.57. The van der Waals surface area contributed by atoms with Crippen molar-refractivity contribution in [3.8, 4) is 22.1 Å². The van der Waals surface area contributed by atoms with Crippen molar-refractivity contribution in [2.45, 2.75) is 20.3 Å². The molecule has 2 amide bonds. The summed E-state index contributed by atoms with van der Waals surface area (Å²) in [6, 6.07) is 12.8. The summed E-state index contributed by atoms with van der Waals surface area (Å²) >= 11 is 1.48. The lowest BCUT2D eigenvalue weighted by Crippen LogP contribution is -2.15. The maximum absolute atomic E-state index is 12.5. The molecule has 0 fully saturated rings. The molecule has 0 radical (unpaired) electrons. The van der Waals surface area contributed by atoms with Crippen LogP contribution < -0.4 is 20.1 Å². The molecule has 1 aromatic heterocycles. The van der Waals surface area contributed by atoms with Crippen LogP contribution in [-0.4, -0.2) is 30.5 Å². The maximum Gasteiger partial charge on any atom is 0.230 e. The first kappa shape index (κ1) is 21.3. The van der Waals surface area contributed by atoms with Gasteiger partial charge in [-0.05, 0) is 49.4 Å². The van der Waals surface area contributed by atoms with Gasteiger partial charge in [0, 0.05) is 23.6 Å². The van der Waals surface area contributed by atoms with Gasteiger partial charge in [-0.25, -0.2) is 4.98 Å². The van der Waals surface area contributed by atoms with Crippen LogP contribution in [0.3, 0.4) is 0 Å². The fraction of sp³-hybridized carbons (Fsp3) is 0.227. The molecule has 0 aliphatic carbocycles. The molecule has 0 aliphatic rings. The van der Waals surface area contributed by atoms with Crippen LogP contribution in [0.15, 0.2) is 47.8 Å². The fourth-order valence-electron chi connectivity index (χ4n) is 2.83. The maximum atomic E-state index is 12.5. The van der Waals surface area contributed by atoms with E-state index in [-0.39, 0.29) is 18.2 Å². The predicted molar refractivity (Wildman–Crippen MR) is 118 cm³/mol. The highest BCUT2D eigenvalue weighted by atomic mass is 32.1. The lowest BCUT2D eigenvalue weighted by atomic mass is 10.2. The van der Waals surface area contributed by atoms with Gasteiger partial charge in [0.05, 0.1) is 31.5 Å². The molecule has 0 saturated heterocycles. The molecule has 3 rings (SSSR count). The second-order valence-corrected chi connectivity index (χ2v) is 7.28. The van der Waals surface area contributed by atoms with Gasteiger partial charge in [-0.15, -0.1) is 11.3 Å². The Kier molecular flexibility index (Phi) is 7.03.